The SMILES string of the molecule is NN1CCNCC(O)C1. The highest BCUT2D eigenvalue weighted by molar-refractivity contribution is 4.68. The molecule has 4 nitrogen and oxygen atoms in total. The summed E-state index contributed by atoms with van der Waals surface area (Å²) in [6.45, 7) is 2.92. The van der Waals surface area contributed by atoms with Gasteiger partial charge in [0.2, 0.25) is 0 Å². The van der Waals surface area contributed by atoms with Crippen molar-refractivity contribution >= 4 is 0 Å². The third-order valence-corrected chi connectivity index (χ3v) is 1.40. The predicted octanol–water partition coefficient (Wildman–Crippen LogP) is -1.87. The first-order valence-corrected chi connectivity index (χ1v) is 3.17. The Kier molecular flexibility index (Phi) is 2.41. The van der Waals surface area contributed by atoms with Crippen LogP contribution in [0, 0.1) is 0 Å². The molecule has 1 atom stereocenters. The Labute approximate surface area is 54.6 Å². The zero-order valence-corrected chi connectivity index (χ0v) is 5.38. The zero-order valence-electron chi connectivity index (χ0n) is 5.38. The average Bonchev–Trinajstić information content (AvgIpc) is 1.93. The molecule has 0 radical (unpaired) electrons. The van der Waals surface area contributed by atoms with E-state index < -0.39 is 0 Å². The fourth-order valence-electron chi connectivity index (χ4n) is 0.918. The second-order valence-electron chi connectivity index (χ2n) is 2.35. The van der Waals surface area contributed by atoms with Gasteiger partial charge >= 0.3 is 0 Å². The molecule has 4 heteroatoms. The van der Waals surface area contributed by atoms with Gasteiger partial charge in [-0.2, -0.15) is 0 Å². The molecular formula is C5H13N3O. The lowest BCUT2D eigenvalue weighted by Crippen LogP contribution is -2.37. The fraction of sp³-hybridized carbons (Fsp3) is 1.00. The molecule has 0 spiro atoms. The molecule has 1 heterocycles. The first kappa shape index (κ1) is 6.95. The molecule has 0 aromatic heterocycles. The molecule has 0 bridgehead atoms. The minimum Gasteiger partial charge on any atom is -0.390 e. The minimum absolute atomic E-state index is 0.308. The molecule has 0 saturated carbocycles. The molecule has 1 saturated heterocycles. The van der Waals surface area contributed by atoms with E-state index in [0.717, 1.165) is 13.1 Å². The Morgan fingerprint density at radius 3 is 3.22 bits per heavy atom. The Bertz CT molecular complexity index is 78.3. The Hall–Kier alpha value is -0.160. The molecule has 1 fully saturated rings. The van der Waals surface area contributed by atoms with E-state index >= 15 is 0 Å². The first-order chi connectivity index (χ1) is 4.29. The minimum atomic E-state index is -0.308. The van der Waals surface area contributed by atoms with Crippen molar-refractivity contribution in [2.75, 3.05) is 26.2 Å². The Morgan fingerprint density at radius 2 is 2.44 bits per heavy atom. The number of nitrogens with zero attached hydrogens (tertiary/aromatic N) is 1. The van der Waals surface area contributed by atoms with Gasteiger partial charge in [0, 0.05) is 26.2 Å². The van der Waals surface area contributed by atoms with Crippen molar-refractivity contribution in [3.8, 4) is 0 Å². The van der Waals surface area contributed by atoms with Crippen molar-refractivity contribution in [1.29, 1.82) is 0 Å². The van der Waals surface area contributed by atoms with E-state index in [4.69, 9.17) is 10.9 Å². The van der Waals surface area contributed by atoms with E-state index in [1.807, 2.05) is 0 Å². The van der Waals surface area contributed by atoms with Crippen molar-refractivity contribution in [3.63, 3.8) is 0 Å². The summed E-state index contributed by atoms with van der Waals surface area (Å²) in [5.41, 5.74) is 0. The van der Waals surface area contributed by atoms with Gasteiger partial charge in [-0.25, -0.2) is 5.01 Å². The first-order valence-electron chi connectivity index (χ1n) is 3.17. The number of β-amino-alcohol motifs (C(OH)–C–C–N with tert-alkyl or cyclic N) is 1. The summed E-state index contributed by atoms with van der Waals surface area (Å²) in [5.74, 6) is 5.46. The molecule has 0 aliphatic carbocycles. The number of rotatable bonds is 0. The number of hydrazine groups is 1. The van der Waals surface area contributed by atoms with Gasteiger partial charge in [0.15, 0.2) is 0 Å². The molecule has 0 aromatic carbocycles. The normalized spacial score (nSPS) is 32.0. The lowest BCUT2D eigenvalue weighted by atomic mass is 10.3. The van der Waals surface area contributed by atoms with E-state index in [0.29, 0.717) is 13.1 Å². The van der Waals surface area contributed by atoms with Gasteiger partial charge in [0.05, 0.1) is 6.10 Å². The smallest absolute Gasteiger partial charge is 0.0805 e. The molecule has 1 aliphatic rings. The molecule has 9 heavy (non-hydrogen) atoms. The predicted molar refractivity (Wildman–Crippen MR) is 34.6 cm³/mol. The van der Waals surface area contributed by atoms with Crippen LogP contribution in [-0.4, -0.2) is 42.4 Å². The van der Waals surface area contributed by atoms with Gasteiger partial charge < -0.3 is 10.4 Å². The number of hydrogen-bond acceptors (Lipinski definition) is 4. The molecule has 0 amide bonds. The van der Waals surface area contributed by atoms with Crippen LogP contribution < -0.4 is 11.2 Å². The van der Waals surface area contributed by atoms with E-state index in [9.17, 15) is 0 Å². The van der Waals surface area contributed by atoms with Crippen LogP contribution in [0.4, 0.5) is 0 Å². The summed E-state index contributed by atoms with van der Waals surface area (Å²) in [7, 11) is 0. The number of nitrogens with one attached hydrogen (secondary N) is 1. The Balaban J connectivity index is 2.29. The molecule has 1 rings (SSSR count). The highest BCUT2D eigenvalue weighted by atomic mass is 16.3. The molecule has 0 aromatic rings. The summed E-state index contributed by atoms with van der Waals surface area (Å²) in [6.07, 6.45) is -0.308. The quantitative estimate of drug-likeness (QED) is 0.337. The number of aliphatic hydroxyl groups excluding tert-OH is 1. The van der Waals surface area contributed by atoms with Crippen molar-refractivity contribution in [2.45, 2.75) is 6.10 Å². The standard InChI is InChI=1S/C5H13N3O/c6-8-2-1-7-3-5(9)4-8/h5,7,9H,1-4,6H2. The fourth-order valence-corrected chi connectivity index (χ4v) is 0.918. The largest absolute Gasteiger partial charge is 0.390 e. The van der Waals surface area contributed by atoms with Crippen LogP contribution in [0.2, 0.25) is 0 Å². The van der Waals surface area contributed by atoms with E-state index in [1.54, 1.807) is 5.01 Å². The molecule has 1 unspecified atom stereocenters. The second-order valence-corrected chi connectivity index (χ2v) is 2.35. The summed E-state index contributed by atoms with van der Waals surface area (Å²) in [5, 5.41) is 13.8. The Morgan fingerprint density at radius 1 is 1.67 bits per heavy atom. The van der Waals surface area contributed by atoms with E-state index in [-0.39, 0.29) is 6.10 Å². The highest BCUT2D eigenvalue weighted by Crippen LogP contribution is 1.88. The summed E-state index contributed by atoms with van der Waals surface area (Å²) < 4.78 is 0. The molecule has 4 N–H and O–H groups in total. The lowest BCUT2D eigenvalue weighted by molar-refractivity contribution is 0.131. The van der Waals surface area contributed by atoms with Crippen molar-refractivity contribution in [2.24, 2.45) is 5.84 Å². The van der Waals surface area contributed by atoms with Gasteiger partial charge in [-0.1, -0.05) is 0 Å². The average molecular weight is 131 g/mol. The zero-order chi connectivity index (χ0) is 6.69. The van der Waals surface area contributed by atoms with Crippen LogP contribution in [-0.2, 0) is 0 Å². The van der Waals surface area contributed by atoms with Crippen molar-refractivity contribution < 1.29 is 5.11 Å². The van der Waals surface area contributed by atoms with Gasteiger partial charge in [0.1, 0.15) is 0 Å². The number of aliphatic hydroxyl groups is 1. The van der Waals surface area contributed by atoms with Gasteiger partial charge in [-0.3, -0.25) is 5.84 Å². The van der Waals surface area contributed by atoms with Crippen LogP contribution >= 0.6 is 0 Å². The monoisotopic (exact) mass is 131 g/mol. The van der Waals surface area contributed by atoms with Crippen LogP contribution in [0.5, 0.6) is 0 Å². The van der Waals surface area contributed by atoms with Crippen molar-refractivity contribution in [3.05, 3.63) is 0 Å². The van der Waals surface area contributed by atoms with Crippen LogP contribution in [0.25, 0.3) is 0 Å². The highest BCUT2D eigenvalue weighted by Gasteiger charge is 2.11. The third kappa shape index (κ3) is 2.28. The van der Waals surface area contributed by atoms with E-state index in [2.05, 4.69) is 5.32 Å². The van der Waals surface area contributed by atoms with Crippen LogP contribution in [0.3, 0.4) is 0 Å². The second kappa shape index (κ2) is 3.12. The van der Waals surface area contributed by atoms with Crippen molar-refractivity contribution in [1.82, 2.24) is 10.3 Å². The number of nitrogens with two attached hydrogens (primary N) is 1. The third-order valence-electron chi connectivity index (χ3n) is 1.40. The topological polar surface area (TPSA) is 61.5 Å². The maximum atomic E-state index is 9.08. The maximum absolute atomic E-state index is 9.08. The number of hydrogen-bond donors (Lipinski definition) is 3. The van der Waals surface area contributed by atoms with E-state index in [1.165, 1.54) is 0 Å². The molecule has 54 valence electrons. The summed E-state index contributed by atoms with van der Waals surface area (Å²) in [6, 6.07) is 0. The van der Waals surface area contributed by atoms with Crippen LogP contribution in [0.15, 0.2) is 0 Å². The van der Waals surface area contributed by atoms with Gasteiger partial charge in [0.25, 0.3) is 0 Å². The maximum Gasteiger partial charge on any atom is 0.0805 e. The van der Waals surface area contributed by atoms with Crippen LogP contribution in [0.1, 0.15) is 0 Å². The lowest BCUT2D eigenvalue weighted by Gasteiger charge is -2.13. The molecular weight excluding hydrogens is 118 g/mol. The summed E-state index contributed by atoms with van der Waals surface area (Å²) in [4.78, 5) is 0. The summed E-state index contributed by atoms with van der Waals surface area (Å²) >= 11 is 0. The van der Waals surface area contributed by atoms with Gasteiger partial charge in [-0.15, -0.1) is 0 Å². The molecule has 1 aliphatic heterocycles. The van der Waals surface area contributed by atoms with Gasteiger partial charge in [-0.05, 0) is 0 Å².